The number of rotatable bonds is 6. The lowest BCUT2D eigenvalue weighted by Crippen LogP contribution is -2.25. The van der Waals surface area contributed by atoms with Gasteiger partial charge in [0.2, 0.25) is 0 Å². The van der Waals surface area contributed by atoms with Crippen LogP contribution in [0.2, 0.25) is 0 Å². The number of aromatic amines is 1. The van der Waals surface area contributed by atoms with Crippen LogP contribution < -0.4 is 20.9 Å². The van der Waals surface area contributed by atoms with Gasteiger partial charge in [-0.15, -0.1) is 0 Å². The number of aliphatic hydroxyl groups is 1. The molecule has 0 aromatic carbocycles. The predicted octanol–water partition coefficient (Wildman–Crippen LogP) is 3.82. The van der Waals surface area contributed by atoms with Gasteiger partial charge in [-0.05, 0) is 39.8 Å². The molecule has 3 rings (SSSR count). The number of aryl methyl sites for hydroxylation is 1. The second-order valence-electron chi connectivity index (χ2n) is 7.96. The highest BCUT2D eigenvalue weighted by Crippen LogP contribution is 2.36. The SMILES string of the molecule is CCOc1cc(-c2ncc(NC(=O)Nc3cnc(C(C)(C)O)c(C(F)(F)F)c3)c(C)n2)c[nH]c1=O. The Bertz CT molecular complexity index is 1300. The van der Waals surface area contributed by atoms with Crippen LogP contribution in [0.3, 0.4) is 0 Å². The fraction of sp³-hybridized carbons (Fsp3) is 0.318. The second-order valence-corrected chi connectivity index (χ2v) is 7.96. The number of alkyl halides is 3. The summed E-state index contributed by atoms with van der Waals surface area (Å²) in [5, 5.41) is 14.7. The van der Waals surface area contributed by atoms with Gasteiger partial charge in [0, 0.05) is 11.8 Å². The van der Waals surface area contributed by atoms with E-state index in [4.69, 9.17) is 4.74 Å². The molecule has 0 fully saturated rings. The smallest absolute Gasteiger partial charge is 0.418 e. The minimum atomic E-state index is -4.79. The van der Waals surface area contributed by atoms with Gasteiger partial charge in [-0.25, -0.2) is 14.8 Å². The van der Waals surface area contributed by atoms with Gasteiger partial charge in [0.15, 0.2) is 11.6 Å². The zero-order chi connectivity index (χ0) is 26.0. The lowest BCUT2D eigenvalue weighted by Gasteiger charge is -2.22. The molecule has 0 aliphatic carbocycles. The number of ether oxygens (including phenoxy) is 1. The maximum atomic E-state index is 13.4. The number of urea groups is 1. The van der Waals surface area contributed by atoms with E-state index in [0.29, 0.717) is 23.9 Å². The summed E-state index contributed by atoms with van der Waals surface area (Å²) >= 11 is 0. The Morgan fingerprint density at radius 1 is 1.17 bits per heavy atom. The summed E-state index contributed by atoms with van der Waals surface area (Å²) in [7, 11) is 0. The maximum absolute atomic E-state index is 13.4. The average molecular weight is 492 g/mol. The van der Waals surface area contributed by atoms with Crippen LogP contribution in [0.5, 0.6) is 5.75 Å². The molecular weight excluding hydrogens is 469 g/mol. The first-order chi connectivity index (χ1) is 16.3. The molecule has 2 amide bonds. The first-order valence-corrected chi connectivity index (χ1v) is 10.4. The molecular formula is C22H23F3N6O4. The fourth-order valence-corrected chi connectivity index (χ4v) is 3.10. The summed E-state index contributed by atoms with van der Waals surface area (Å²) in [6, 6.07) is 1.33. The van der Waals surface area contributed by atoms with Crippen LogP contribution in [0.4, 0.5) is 29.3 Å². The van der Waals surface area contributed by atoms with Crippen LogP contribution in [0.25, 0.3) is 11.4 Å². The molecule has 0 bridgehead atoms. The number of amides is 2. The fourth-order valence-electron chi connectivity index (χ4n) is 3.10. The number of anilines is 2. The van der Waals surface area contributed by atoms with E-state index >= 15 is 0 Å². The number of H-pyrrole nitrogens is 1. The number of nitrogens with one attached hydrogen (secondary N) is 3. The minimum absolute atomic E-state index is 0.107. The standard InChI is InChI=1S/C22H23F3N6O4/c1-5-35-16-6-12(8-28-19(16)32)18-27-10-15(11(2)29-18)31-20(33)30-13-7-14(22(23,24)25)17(26-9-13)21(3,4)34/h6-10,34H,5H2,1-4H3,(H,28,32)(H2,30,31,33). The summed E-state index contributed by atoms with van der Waals surface area (Å²) in [6.07, 6.45) is -1.04. The highest BCUT2D eigenvalue weighted by molar-refractivity contribution is 6.00. The second kappa shape index (κ2) is 9.70. The van der Waals surface area contributed by atoms with E-state index in [0.717, 1.165) is 6.20 Å². The third kappa shape index (κ3) is 6.12. The normalized spacial score (nSPS) is 11.8. The van der Waals surface area contributed by atoms with Crippen LogP contribution in [-0.2, 0) is 11.8 Å². The molecule has 4 N–H and O–H groups in total. The summed E-state index contributed by atoms with van der Waals surface area (Å²) in [5.74, 6) is 0.363. The lowest BCUT2D eigenvalue weighted by molar-refractivity contribution is -0.140. The minimum Gasteiger partial charge on any atom is -0.488 e. The van der Waals surface area contributed by atoms with Gasteiger partial charge in [0.1, 0.15) is 5.60 Å². The molecule has 0 saturated carbocycles. The van der Waals surface area contributed by atoms with Gasteiger partial charge >= 0.3 is 12.2 Å². The first-order valence-electron chi connectivity index (χ1n) is 10.4. The van der Waals surface area contributed by atoms with Crippen molar-refractivity contribution in [1.82, 2.24) is 19.9 Å². The van der Waals surface area contributed by atoms with Crippen molar-refractivity contribution >= 4 is 17.4 Å². The number of hydrogen-bond acceptors (Lipinski definition) is 7. The van der Waals surface area contributed by atoms with Crippen LogP contribution >= 0.6 is 0 Å². The molecule has 186 valence electrons. The molecule has 3 heterocycles. The van der Waals surface area contributed by atoms with E-state index in [9.17, 15) is 27.9 Å². The van der Waals surface area contributed by atoms with E-state index in [1.165, 1.54) is 32.3 Å². The zero-order valence-electron chi connectivity index (χ0n) is 19.2. The molecule has 0 radical (unpaired) electrons. The van der Waals surface area contributed by atoms with Crippen molar-refractivity contribution in [2.45, 2.75) is 39.5 Å². The zero-order valence-corrected chi connectivity index (χ0v) is 19.2. The Kier molecular flexibility index (Phi) is 7.10. The van der Waals surface area contributed by atoms with Crippen LogP contribution in [-0.4, -0.2) is 37.7 Å². The molecule has 10 nitrogen and oxygen atoms in total. The molecule has 0 aliphatic heterocycles. The highest BCUT2D eigenvalue weighted by Gasteiger charge is 2.38. The van der Waals surface area contributed by atoms with Crippen LogP contribution in [0.1, 0.15) is 37.7 Å². The molecule has 3 aromatic rings. The van der Waals surface area contributed by atoms with Gasteiger partial charge < -0.3 is 25.5 Å². The number of carbonyl (C=O) groups is 1. The largest absolute Gasteiger partial charge is 0.488 e. The van der Waals surface area contributed by atoms with Crippen molar-refractivity contribution in [1.29, 1.82) is 0 Å². The Morgan fingerprint density at radius 2 is 1.89 bits per heavy atom. The topological polar surface area (TPSA) is 142 Å². The van der Waals surface area contributed by atoms with E-state index in [1.807, 2.05) is 0 Å². The summed E-state index contributed by atoms with van der Waals surface area (Å²) in [6.45, 7) is 5.99. The van der Waals surface area contributed by atoms with Crippen molar-refractivity contribution < 1.29 is 27.8 Å². The molecule has 13 heteroatoms. The van der Waals surface area contributed by atoms with E-state index in [2.05, 4.69) is 30.6 Å². The highest BCUT2D eigenvalue weighted by atomic mass is 19.4. The first kappa shape index (κ1) is 25.6. The van der Waals surface area contributed by atoms with Crippen LogP contribution in [0.15, 0.2) is 35.5 Å². The Hall–Kier alpha value is -4.00. The number of halogens is 3. The van der Waals surface area contributed by atoms with Crippen molar-refractivity contribution in [3.05, 3.63) is 58.0 Å². The van der Waals surface area contributed by atoms with E-state index in [1.54, 1.807) is 13.8 Å². The van der Waals surface area contributed by atoms with Gasteiger partial charge in [-0.3, -0.25) is 9.78 Å². The number of nitrogens with zero attached hydrogens (tertiary/aromatic N) is 3. The molecule has 0 spiro atoms. The monoisotopic (exact) mass is 492 g/mol. The van der Waals surface area contributed by atoms with Crippen molar-refractivity contribution in [2.24, 2.45) is 0 Å². The third-order valence-corrected chi connectivity index (χ3v) is 4.69. The van der Waals surface area contributed by atoms with Crippen molar-refractivity contribution in [2.75, 3.05) is 17.2 Å². The number of aromatic nitrogens is 4. The van der Waals surface area contributed by atoms with Crippen LogP contribution in [0, 0.1) is 6.92 Å². The lowest BCUT2D eigenvalue weighted by atomic mass is 9.98. The molecule has 35 heavy (non-hydrogen) atoms. The Labute approximate surface area is 197 Å². The average Bonchev–Trinajstić information content (AvgIpc) is 2.75. The molecule has 0 saturated heterocycles. The maximum Gasteiger partial charge on any atom is 0.418 e. The van der Waals surface area contributed by atoms with Gasteiger partial charge in [-0.2, -0.15) is 13.2 Å². The summed E-state index contributed by atoms with van der Waals surface area (Å²) in [5.41, 5.74) is -3.15. The Balaban J connectivity index is 1.79. The van der Waals surface area contributed by atoms with Crippen molar-refractivity contribution in [3.8, 4) is 17.1 Å². The molecule has 0 aliphatic rings. The predicted molar refractivity (Wildman–Crippen MR) is 121 cm³/mol. The summed E-state index contributed by atoms with van der Waals surface area (Å²) in [4.78, 5) is 38.9. The van der Waals surface area contributed by atoms with Gasteiger partial charge in [-0.1, -0.05) is 0 Å². The van der Waals surface area contributed by atoms with E-state index < -0.39 is 34.6 Å². The van der Waals surface area contributed by atoms with Gasteiger partial charge in [0.05, 0.1) is 47.3 Å². The molecule has 0 unspecified atom stereocenters. The van der Waals surface area contributed by atoms with Crippen molar-refractivity contribution in [3.63, 3.8) is 0 Å². The summed E-state index contributed by atoms with van der Waals surface area (Å²) < 4.78 is 45.6. The molecule has 0 atom stereocenters. The number of carbonyl (C=O) groups excluding carboxylic acids is 1. The molecule has 3 aromatic heterocycles. The third-order valence-electron chi connectivity index (χ3n) is 4.69. The quantitative estimate of drug-likeness (QED) is 0.410. The van der Waals surface area contributed by atoms with Gasteiger partial charge in [0.25, 0.3) is 5.56 Å². The number of hydrogen-bond donors (Lipinski definition) is 4. The number of pyridine rings is 2. The Morgan fingerprint density at radius 3 is 2.49 bits per heavy atom. The van der Waals surface area contributed by atoms with E-state index in [-0.39, 0.29) is 22.9 Å².